The van der Waals surface area contributed by atoms with Crippen LogP contribution in [0.4, 0.5) is 20.6 Å². The number of carbonyl (C=O) groups is 2. The number of hydrogen-bond donors (Lipinski definition) is 2. The molecule has 0 spiro atoms. The van der Waals surface area contributed by atoms with E-state index in [1.807, 2.05) is 26.8 Å². The molecular formula is C37H43ClFN5O4S. The Hall–Kier alpha value is -3.82. The maximum absolute atomic E-state index is 15.6. The first-order valence-electron chi connectivity index (χ1n) is 16.4. The van der Waals surface area contributed by atoms with E-state index in [1.165, 1.54) is 23.0 Å². The van der Waals surface area contributed by atoms with Gasteiger partial charge >= 0.3 is 6.03 Å². The molecule has 1 heterocycles. The van der Waals surface area contributed by atoms with Crippen LogP contribution in [0, 0.1) is 23.1 Å². The Kier molecular flexibility index (Phi) is 11.1. The molecule has 12 heteroatoms. The summed E-state index contributed by atoms with van der Waals surface area (Å²) in [5, 5.41) is 13.0. The van der Waals surface area contributed by atoms with Crippen molar-refractivity contribution in [1.29, 1.82) is 5.26 Å². The minimum atomic E-state index is -1.56. The maximum atomic E-state index is 15.6. The highest BCUT2D eigenvalue weighted by atomic mass is 35.5. The number of nitriles is 1. The van der Waals surface area contributed by atoms with Crippen LogP contribution in [0.25, 0.3) is 0 Å². The molecule has 49 heavy (non-hydrogen) atoms. The van der Waals surface area contributed by atoms with Gasteiger partial charge in [0.05, 0.1) is 44.7 Å². The molecular weight excluding hydrogens is 665 g/mol. The predicted octanol–water partition coefficient (Wildman–Crippen LogP) is 7.12. The van der Waals surface area contributed by atoms with Gasteiger partial charge in [-0.05, 0) is 99.2 Å². The first-order valence-corrected chi connectivity index (χ1v) is 17.9. The molecule has 2 N–H and O–H groups in total. The summed E-state index contributed by atoms with van der Waals surface area (Å²) in [6, 6.07) is 19.3. The number of carbonyl (C=O) groups excluding carboxylic acids is 2. The maximum Gasteiger partial charge on any atom is 0.324 e. The molecule has 0 aromatic heterocycles. The van der Waals surface area contributed by atoms with E-state index in [2.05, 4.69) is 16.1 Å². The molecule has 4 atom stereocenters. The van der Waals surface area contributed by atoms with Crippen LogP contribution in [-0.2, 0) is 26.1 Å². The van der Waals surface area contributed by atoms with E-state index in [-0.39, 0.29) is 18.7 Å². The summed E-state index contributed by atoms with van der Waals surface area (Å²) >= 11 is 6.04. The number of amides is 3. The van der Waals surface area contributed by atoms with Gasteiger partial charge in [-0.25, -0.2) is 18.1 Å². The third-order valence-corrected chi connectivity index (χ3v) is 11.2. The zero-order valence-electron chi connectivity index (χ0n) is 28.5. The molecule has 260 valence electrons. The third-order valence-electron chi connectivity index (χ3n) is 9.29. The average Bonchev–Trinajstić information content (AvgIpc) is 3.82. The largest absolute Gasteiger partial charge is 0.380 e. The van der Waals surface area contributed by atoms with Crippen molar-refractivity contribution in [3.63, 3.8) is 0 Å². The summed E-state index contributed by atoms with van der Waals surface area (Å²) in [7, 11) is 1.58. The van der Waals surface area contributed by atoms with Crippen LogP contribution in [0.3, 0.4) is 0 Å². The van der Waals surface area contributed by atoms with E-state index >= 15 is 4.39 Å². The van der Waals surface area contributed by atoms with Gasteiger partial charge in [-0.15, -0.1) is 0 Å². The highest BCUT2D eigenvalue weighted by molar-refractivity contribution is 7.84. The number of methoxy groups -OCH3 is 1. The normalized spacial score (nSPS) is 19.5. The Morgan fingerprint density at radius 2 is 1.80 bits per heavy atom. The van der Waals surface area contributed by atoms with Gasteiger partial charge in [-0.1, -0.05) is 42.6 Å². The molecule has 2 aliphatic rings. The molecule has 3 aromatic carbocycles. The second-order valence-electron chi connectivity index (χ2n) is 13.8. The lowest BCUT2D eigenvalue weighted by atomic mass is 9.79. The van der Waals surface area contributed by atoms with Crippen LogP contribution in [0.15, 0.2) is 66.7 Å². The molecule has 3 aromatic rings. The van der Waals surface area contributed by atoms with Crippen molar-refractivity contribution < 1.29 is 22.9 Å². The summed E-state index contributed by atoms with van der Waals surface area (Å²) in [6.45, 7) is 5.79. The summed E-state index contributed by atoms with van der Waals surface area (Å²) in [4.78, 5) is 30.5. The van der Waals surface area contributed by atoms with E-state index in [4.69, 9.17) is 16.3 Å². The smallest absolute Gasteiger partial charge is 0.324 e. The number of rotatable bonds is 11. The van der Waals surface area contributed by atoms with Crippen LogP contribution < -0.4 is 14.9 Å². The number of nitrogens with one attached hydrogen (secondary N) is 2. The Labute approximate surface area is 295 Å². The fourth-order valence-electron chi connectivity index (χ4n) is 6.12. The first-order chi connectivity index (χ1) is 23.2. The number of urea groups is 1. The van der Waals surface area contributed by atoms with Gasteiger partial charge in [0.1, 0.15) is 11.9 Å². The zero-order chi connectivity index (χ0) is 35.5. The number of anilines is 2. The highest BCUT2D eigenvalue weighted by Gasteiger charge is 2.43. The predicted molar refractivity (Wildman–Crippen MR) is 191 cm³/mol. The summed E-state index contributed by atoms with van der Waals surface area (Å²) in [6.07, 6.45) is 3.39. The van der Waals surface area contributed by atoms with E-state index < -0.39 is 51.2 Å². The van der Waals surface area contributed by atoms with Crippen molar-refractivity contribution >= 4 is 45.9 Å². The topological polar surface area (TPSA) is 115 Å². The molecule has 1 saturated heterocycles. The van der Waals surface area contributed by atoms with Crippen molar-refractivity contribution in [2.75, 3.05) is 30.9 Å². The molecule has 0 radical (unpaired) electrons. The molecule has 1 aliphatic heterocycles. The van der Waals surface area contributed by atoms with Gasteiger partial charge in [0.25, 0.3) is 0 Å². The van der Waals surface area contributed by atoms with E-state index in [0.717, 1.165) is 24.8 Å². The minimum Gasteiger partial charge on any atom is -0.380 e. The van der Waals surface area contributed by atoms with Gasteiger partial charge in [0.2, 0.25) is 5.91 Å². The standard InChI is InChI=1S/C37H43ClFN5O4S/c1-36(2,3)49(47)42-37(18-17-24-9-10-24,26-8-6-7-25(19-26)22-40)27-11-16-31(39)32(20-27)41-34(45)33-21-30(48-5)23-44(33)35(46)43(4)29-14-12-28(38)13-15-29/h6-8,11-16,19-20,24,30,33,42H,9-10,17-18,21,23H2,1-5H3,(H,41,45)/t30?,33?,37?,49-/m1/s1. The second-order valence-corrected chi connectivity index (χ2v) is 16.2. The fraction of sp³-hybridized carbons (Fsp3) is 0.432. The molecule has 3 unspecified atom stereocenters. The quantitative estimate of drug-likeness (QED) is 0.220. The molecule has 9 nitrogen and oxygen atoms in total. The van der Waals surface area contributed by atoms with Crippen LogP contribution in [0.1, 0.15) is 69.6 Å². The van der Waals surface area contributed by atoms with Crippen molar-refractivity contribution in [2.45, 2.75) is 75.3 Å². The van der Waals surface area contributed by atoms with Gasteiger partial charge in [0.15, 0.2) is 0 Å². The fourth-order valence-corrected chi connectivity index (χ4v) is 7.20. The SMILES string of the molecule is COC1CC(C(=O)Nc2cc(C(CCC3CC3)(N[S@](=O)C(C)(C)C)c3cccc(C#N)c3)ccc2F)N(C(=O)N(C)c2ccc(Cl)cc2)C1. The monoisotopic (exact) mass is 707 g/mol. The van der Waals surface area contributed by atoms with Gasteiger partial charge < -0.3 is 15.0 Å². The number of hydrogen-bond acceptors (Lipinski definition) is 5. The lowest BCUT2D eigenvalue weighted by Crippen LogP contribution is -2.49. The summed E-state index contributed by atoms with van der Waals surface area (Å²) in [5.74, 6) is -0.697. The summed E-state index contributed by atoms with van der Waals surface area (Å²) < 4.78 is 37.7. The average molecular weight is 708 g/mol. The molecule has 3 amide bonds. The highest BCUT2D eigenvalue weighted by Crippen LogP contribution is 2.43. The Morgan fingerprint density at radius 3 is 2.43 bits per heavy atom. The molecule has 5 rings (SSSR count). The lowest BCUT2D eigenvalue weighted by Gasteiger charge is -2.38. The Bertz CT molecular complexity index is 1760. The Morgan fingerprint density at radius 1 is 1.10 bits per heavy atom. The zero-order valence-corrected chi connectivity index (χ0v) is 30.0. The molecule has 1 aliphatic carbocycles. The number of ether oxygens (including phenoxy) is 1. The third kappa shape index (κ3) is 8.32. The number of benzene rings is 3. The van der Waals surface area contributed by atoms with Crippen LogP contribution >= 0.6 is 11.6 Å². The van der Waals surface area contributed by atoms with Gasteiger partial charge in [-0.3, -0.25) is 9.69 Å². The van der Waals surface area contributed by atoms with E-state index in [0.29, 0.717) is 34.2 Å². The second kappa shape index (κ2) is 15.0. The first kappa shape index (κ1) is 36.5. The van der Waals surface area contributed by atoms with Crippen molar-refractivity contribution in [1.82, 2.24) is 9.62 Å². The van der Waals surface area contributed by atoms with Crippen LogP contribution in [0.2, 0.25) is 5.02 Å². The van der Waals surface area contributed by atoms with E-state index in [9.17, 15) is 19.1 Å². The van der Waals surface area contributed by atoms with E-state index in [1.54, 1.807) is 61.6 Å². The van der Waals surface area contributed by atoms with Crippen LogP contribution in [-0.4, -0.2) is 58.6 Å². The molecule has 0 bridgehead atoms. The lowest BCUT2D eigenvalue weighted by molar-refractivity contribution is -0.119. The van der Waals surface area contributed by atoms with Gasteiger partial charge in [0, 0.05) is 37.8 Å². The van der Waals surface area contributed by atoms with Crippen molar-refractivity contribution in [3.8, 4) is 6.07 Å². The van der Waals surface area contributed by atoms with Crippen molar-refractivity contribution in [2.24, 2.45) is 5.92 Å². The van der Waals surface area contributed by atoms with Crippen molar-refractivity contribution in [3.05, 3.63) is 94.3 Å². The Balaban J connectivity index is 1.51. The minimum absolute atomic E-state index is 0.0719. The number of likely N-dealkylation sites (tertiary alicyclic amines) is 1. The summed E-state index contributed by atoms with van der Waals surface area (Å²) in [5.41, 5.74) is 1.20. The van der Waals surface area contributed by atoms with Crippen LogP contribution in [0.5, 0.6) is 0 Å². The number of halogens is 2. The molecule has 2 fully saturated rings. The molecule has 1 saturated carbocycles. The number of nitrogens with zero attached hydrogens (tertiary/aromatic N) is 3. The van der Waals surface area contributed by atoms with Gasteiger partial charge in [-0.2, -0.15) is 5.26 Å².